The van der Waals surface area contributed by atoms with Crippen LogP contribution in [0.2, 0.25) is 0 Å². The predicted molar refractivity (Wildman–Crippen MR) is 74.5 cm³/mol. The second kappa shape index (κ2) is 6.26. The Morgan fingerprint density at radius 2 is 1.63 bits per heavy atom. The van der Waals surface area contributed by atoms with Crippen LogP contribution in [0.4, 0.5) is 0 Å². The number of hydrogen-bond donors (Lipinski definition) is 1. The number of para-hydroxylation sites is 1. The largest absolute Gasteiger partial charge is 0.366 e. The molecule has 0 aliphatic carbocycles. The van der Waals surface area contributed by atoms with E-state index in [0.29, 0.717) is 5.56 Å². The van der Waals surface area contributed by atoms with Crippen LogP contribution in [0.1, 0.15) is 10.4 Å². The normalized spacial score (nSPS) is 9.47. The van der Waals surface area contributed by atoms with Crippen LogP contribution in [0, 0.1) is 0 Å². The van der Waals surface area contributed by atoms with Gasteiger partial charge >= 0.3 is 0 Å². The summed E-state index contributed by atoms with van der Waals surface area (Å²) >= 11 is 0. The average Bonchev–Trinajstić information content (AvgIpc) is 2.49. The van der Waals surface area contributed by atoms with Crippen LogP contribution in [0.25, 0.3) is 10.9 Å². The Bertz CT molecular complexity index is 603. The Kier molecular flexibility index (Phi) is 4.18. The summed E-state index contributed by atoms with van der Waals surface area (Å²) in [5.74, 6) is -0.379. The molecule has 0 atom stereocenters. The van der Waals surface area contributed by atoms with Gasteiger partial charge in [0, 0.05) is 17.1 Å². The van der Waals surface area contributed by atoms with Crippen LogP contribution in [0.5, 0.6) is 0 Å². The summed E-state index contributed by atoms with van der Waals surface area (Å²) in [4.78, 5) is 18.4. The molecule has 0 spiro atoms. The molecule has 3 aromatic rings. The number of rotatable bonds is 1. The van der Waals surface area contributed by atoms with Crippen molar-refractivity contribution in [3.05, 3.63) is 72.7 Å². The molecule has 4 nitrogen and oxygen atoms in total. The monoisotopic (exact) mass is 251 g/mol. The molecular weight excluding hydrogens is 238 g/mol. The number of carbonyl (C=O) groups is 1. The van der Waals surface area contributed by atoms with Crippen LogP contribution >= 0.6 is 0 Å². The van der Waals surface area contributed by atoms with Crippen LogP contribution in [0.15, 0.2) is 67.1 Å². The highest BCUT2D eigenvalue weighted by Crippen LogP contribution is 2.06. The first-order chi connectivity index (χ1) is 9.27. The maximum atomic E-state index is 10.4. The van der Waals surface area contributed by atoms with Gasteiger partial charge < -0.3 is 5.73 Å². The molecule has 2 aromatic carbocycles. The van der Waals surface area contributed by atoms with Gasteiger partial charge in [0.15, 0.2) is 0 Å². The number of nitrogens with two attached hydrogens (primary N) is 1. The highest BCUT2D eigenvalue weighted by Gasteiger charge is 1.93. The Morgan fingerprint density at radius 3 is 2.26 bits per heavy atom. The lowest BCUT2D eigenvalue weighted by atomic mass is 10.2. The summed E-state index contributed by atoms with van der Waals surface area (Å²) in [7, 11) is 0. The first-order valence-electron chi connectivity index (χ1n) is 5.77. The van der Waals surface area contributed by atoms with Gasteiger partial charge in [-0.1, -0.05) is 36.4 Å². The molecule has 0 aliphatic heterocycles. The van der Waals surface area contributed by atoms with Gasteiger partial charge in [-0.3, -0.25) is 4.79 Å². The Hall–Kier alpha value is -2.75. The van der Waals surface area contributed by atoms with Gasteiger partial charge in [-0.15, -0.1) is 0 Å². The van der Waals surface area contributed by atoms with Crippen molar-refractivity contribution in [3.63, 3.8) is 0 Å². The van der Waals surface area contributed by atoms with E-state index in [2.05, 4.69) is 9.97 Å². The first kappa shape index (κ1) is 12.7. The molecule has 0 saturated carbocycles. The highest BCUT2D eigenvalue weighted by atomic mass is 16.1. The fraction of sp³-hybridized carbons (Fsp3) is 0. The summed E-state index contributed by atoms with van der Waals surface area (Å²) in [5.41, 5.74) is 6.53. The zero-order valence-electron chi connectivity index (χ0n) is 10.2. The van der Waals surface area contributed by atoms with Gasteiger partial charge in [-0.2, -0.15) is 0 Å². The fourth-order valence-corrected chi connectivity index (χ4v) is 1.53. The Balaban J connectivity index is 0.000000141. The number of hydrogen-bond acceptors (Lipinski definition) is 3. The molecule has 0 bridgehead atoms. The van der Waals surface area contributed by atoms with E-state index in [-0.39, 0.29) is 5.91 Å². The molecule has 94 valence electrons. The lowest BCUT2D eigenvalue weighted by molar-refractivity contribution is 0.100. The third-order valence-electron chi connectivity index (χ3n) is 2.47. The van der Waals surface area contributed by atoms with Gasteiger partial charge in [0.2, 0.25) is 5.91 Å². The molecule has 3 rings (SSSR count). The van der Waals surface area contributed by atoms with E-state index in [9.17, 15) is 4.79 Å². The number of nitrogens with zero attached hydrogens (tertiary/aromatic N) is 2. The van der Waals surface area contributed by atoms with E-state index in [1.54, 1.807) is 30.6 Å². The summed E-state index contributed by atoms with van der Waals surface area (Å²) in [6.07, 6.45) is 3.37. The van der Waals surface area contributed by atoms with E-state index >= 15 is 0 Å². The van der Waals surface area contributed by atoms with Crippen molar-refractivity contribution in [2.45, 2.75) is 0 Å². The number of fused-ring (bicyclic) bond motifs is 1. The Morgan fingerprint density at radius 1 is 0.947 bits per heavy atom. The van der Waals surface area contributed by atoms with Crippen LogP contribution < -0.4 is 5.73 Å². The van der Waals surface area contributed by atoms with E-state index in [1.807, 2.05) is 36.5 Å². The molecule has 19 heavy (non-hydrogen) atoms. The number of amides is 1. The predicted octanol–water partition coefficient (Wildman–Crippen LogP) is 2.42. The minimum absolute atomic E-state index is 0.379. The van der Waals surface area contributed by atoms with Crippen LogP contribution in [-0.2, 0) is 0 Å². The molecule has 0 fully saturated rings. The van der Waals surface area contributed by atoms with Crippen molar-refractivity contribution in [1.29, 1.82) is 0 Å². The fourth-order valence-electron chi connectivity index (χ4n) is 1.53. The van der Waals surface area contributed by atoms with E-state index < -0.39 is 0 Å². The zero-order valence-corrected chi connectivity index (χ0v) is 10.2. The summed E-state index contributed by atoms with van der Waals surface area (Å²) in [5, 5.41) is 1.09. The van der Waals surface area contributed by atoms with Crippen LogP contribution in [0.3, 0.4) is 0 Å². The van der Waals surface area contributed by atoms with E-state index in [1.165, 1.54) is 0 Å². The number of aromatic nitrogens is 2. The topological polar surface area (TPSA) is 68.9 Å². The molecule has 2 N–H and O–H groups in total. The molecule has 0 aliphatic rings. The van der Waals surface area contributed by atoms with Gasteiger partial charge in [0.1, 0.15) is 6.33 Å². The third kappa shape index (κ3) is 3.61. The maximum absolute atomic E-state index is 10.4. The summed E-state index contributed by atoms with van der Waals surface area (Å²) in [6, 6.07) is 16.7. The SMILES string of the molecule is NC(=O)c1ccccc1.c1ccc2ncncc2c1. The van der Waals surface area contributed by atoms with Crippen molar-refractivity contribution < 1.29 is 4.79 Å². The highest BCUT2D eigenvalue weighted by molar-refractivity contribution is 5.92. The van der Waals surface area contributed by atoms with E-state index in [0.717, 1.165) is 10.9 Å². The number of benzene rings is 2. The average molecular weight is 251 g/mol. The first-order valence-corrected chi connectivity index (χ1v) is 5.77. The molecule has 4 heteroatoms. The maximum Gasteiger partial charge on any atom is 0.248 e. The third-order valence-corrected chi connectivity index (χ3v) is 2.47. The molecule has 0 radical (unpaired) electrons. The van der Waals surface area contributed by atoms with Gasteiger partial charge in [0.25, 0.3) is 0 Å². The molecule has 0 saturated heterocycles. The standard InChI is InChI=1S/C8H6N2.C7H7NO/c1-2-4-8-7(3-1)5-9-6-10-8;8-7(9)6-4-2-1-3-5-6/h1-6H;1-5H,(H2,8,9). The molecule has 1 heterocycles. The van der Waals surface area contributed by atoms with Crippen molar-refractivity contribution in [3.8, 4) is 0 Å². The van der Waals surface area contributed by atoms with Gasteiger partial charge in [-0.25, -0.2) is 9.97 Å². The summed E-state index contributed by atoms with van der Waals surface area (Å²) < 4.78 is 0. The quantitative estimate of drug-likeness (QED) is 0.722. The van der Waals surface area contributed by atoms with E-state index in [4.69, 9.17) is 5.73 Å². The Labute approximate surface area is 110 Å². The number of carbonyl (C=O) groups excluding carboxylic acids is 1. The second-order valence-electron chi connectivity index (χ2n) is 3.81. The minimum atomic E-state index is -0.379. The van der Waals surface area contributed by atoms with Crippen molar-refractivity contribution in [1.82, 2.24) is 9.97 Å². The van der Waals surface area contributed by atoms with Crippen molar-refractivity contribution in [2.75, 3.05) is 0 Å². The molecule has 0 unspecified atom stereocenters. The lowest BCUT2D eigenvalue weighted by Gasteiger charge is -1.90. The lowest BCUT2D eigenvalue weighted by Crippen LogP contribution is -2.09. The van der Waals surface area contributed by atoms with Gasteiger partial charge in [-0.05, 0) is 18.2 Å². The molecule has 1 amide bonds. The summed E-state index contributed by atoms with van der Waals surface area (Å²) in [6.45, 7) is 0. The van der Waals surface area contributed by atoms with Crippen molar-refractivity contribution in [2.24, 2.45) is 5.73 Å². The van der Waals surface area contributed by atoms with Crippen molar-refractivity contribution >= 4 is 16.8 Å². The smallest absolute Gasteiger partial charge is 0.248 e. The van der Waals surface area contributed by atoms with Gasteiger partial charge in [0.05, 0.1) is 5.52 Å². The van der Waals surface area contributed by atoms with Crippen LogP contribution in [-0.4, -0.2) is 15.9 Å². The number of primary amides is 1. The molecule has 1 aromatic heterocycles. The minimum Gasteiger partial charge on any atom is -0.366 e. The zero-order chi connectivity index (χ0) is 13.5. The molecular formula is C15H13N3O. The second-order valence-corrected chi connectivity index (χ2v) is 3.81.